The summed E-state index contributed by atoms with van der Waals surface area (Å²) in [5, 5.41) is 14.5. The number of hydrogen-bond acceptors (Lipinski definition) is 4. The molecule has 0 unspecified atom stereocenters. The van der Waals surface area contributed by atoms with Crippen LogP contribution in [0, 0.1) is 13.8 Å². The average Bonchev–Trinajstić information content (AvgIpc) is 3.20. The molecular formula is C21H17BrN6. The molecule has 28 heavy (non-hydrogen) atoms. The van der Waals surface area contributed by atoms with Crippen molar-refractivity contribution in [3.8, 4) is 5.95 Å². The van der Waals surface area contributed by atoms with E-state index in [0.717, 1.165) is 38.7 Å². The smallest absolute Gasteiger partial charge is 0.272 e. The summed E-state index contributed by atoms with van der Waals surface area (Å²) < 4.78 is 2.78. The van der Waals surface area contributed by atoms with E-state index in [0.29, 0.717) is 11.6 Å². The zero-order valence-corrected chi connectivity index (χ0v) is 17.0. The zero-order valence-electron chi connectivity index (χ0n) is 15.4. The van der Waals surface area contributed by atoms with Crippen molar-refractivity contribution in [1.29, 1.82) is 0 Å². The third kappa shape index (κ3) is 2.79. The maximum atomic E-state index is 4.69. The van der Waals surface area contributed by atoms with Gasteiger partial charge in [0.2, 0.25) is 0 Å². The molecule has 3 aromatic heterocycles. The van der Waals surface area contributed by atoms with Gasteiger partial charge in [-0.15, -0.1) is 10.2 Å². The molecule has 0 bridgehead atoms. The number of benzene rings is 2. The standard InChI is InChI=1S/C21H17BrN6/c1-12-16(10-14-6-4-3-5-7-14)13(2)28(27-12)21-24-20-19(25-26-21)17-11-15(22)8-9-18(17)23-20/h3-9,11H,10H2,1-2H3,(H,23,24,26). The van der Waals surface area contributed by atoms with Crippen LogP contribution in [0.5, 0.6) is 0 Å². The van der Waals surface area contributed by atoms with Gasteiger partial charge in [0.1, 0.15) is 5.52 Å². The van der Waals surface area contributed by atoms with Crippen LogP contribution in [0.15, 0.2) is 53.0 Å². The Morgan fingerprint density at radius 2 is 1.86 bits per heavy atom. The third-order valence-corrected chi connectivity index (χ3v) is 5.51. The number of aromatic amines is 1. The molecule has 0 aliphatic heterocycles. The van der Waals surface area contributed by atoms with Crippen LogP contribution in [0.2, 0.25) is 0 Å². The molecule has 0 aliphatic rings. The highest BCUT2D eigenvalue weighted by molar-refractivity contribution is 9.10. The summed E-state index contributed by atoms with van der Waals surface area (Å²) >= 11 is 3.50. The Kier molecular flexibility index (Phi) is 3.98. The predicted octanol–water partition coefficient (Wildman–Crippen LogP) is 4.66. The van der Waals surface area contributed by atoms with E-state index in [4.69, 9.17) is 4.98 Å². The number of rotatable bonds is 3. The van der Waals surface area contributed by atoms with Gasteiger partial charge in [0.25, 0.3) is 5.95 Å². The molecule has 138 valence electrons. The van der Waals surface area contributed by atoms with Gasteiger partial charge in [-0.3, -0.25) is 0 Å². The predicted molar refractivity (Wildman–Crippen MR) is 113 cm³/mol. The lowest BCUT2D eigenvalue weighted by atomic mass is 10.0. The van der Waals surface area contributed by atoms with Crippen LogP contribution in [0.4, 0.5) is 0 Å². The van der Waals surface area contributed by atoms with Crippen LogP contribution in [0.25, 0.3) is 28.0 Å². The molecular weight excluding hydrogens is 416 g/mol. The van der Waals surface area contributed by atoms with Crippen molar-refractivity contribution in [1.82, 2.24) is 29.9 Å². The van der Waals surface area contributed by atoms with Crippen molar-refractivity contribution in [2.24, 2.45) is 0 Å². The fourth-order valence-electron chi connectivity index (χ4n) is 3.55. The van der Waals surface area contributed by atoms with E-state index < -0.39 is 0 Å². The minimum atomic E-state index is 0.470. The Morgan fingerprint density at radius 1 is 1.04 bits per heavy atom. The summed E-state index contributed by atoms with van der Waals surface area (Å²) in [6.45, 7) is 4.07. The normalized spacial score (nSPS) is 11.5. The topological polar surface area (TPSA) is 72.3 Å². The second kappa shape index (κ2) is 6.53. The number of aromatic nitrogens is 6. The number of H-pyrrole nitrogens is 1. The van der Waals surface area contributed by atoms with Crippen molar-refractivity contribution < 1.29 is 0 Å². The van der Waals surface area contributed by atoms with E-state index in [1.807, 2.05) is 38.1 Å². The van der Waals surface area contributed by atoms with Crippen molar-refractivity contribution in [3.63, 3.8) is 0 Å². The van der Waals surface area contributed by atoms with Crippen molar-refractivity contribution in [3.05, 3.63) is 75.5 Å². The van der Waals surface area contributed by atoms with E-state index in [2.05, 4.69) is 60.5 Å². The van der Waals surface area contributed by atoms with Crippen LogP contribution in [0.1, 0.15) is 22.5 Å². The second-order valence-electron chi connectivity index (χ2n) is 6.85. The largest absolute Gasteiger partial charge is 0.338 e. The SMILES string of the molecule is Cc1nn(-c2nnc3c(n2)[nH]c2ccc(Br)cc23)c(C)c1Cc1ccccc1. The fraction of sp³-hybridized carbons (Fsp3) is 0.143. The molecule has 0 amide bonds. The number of aryl methyl sites for hydroxylation is 1. The molecule has 6 nitrogen and oxygen atoms in total. The van der Waals surface area contributed by atoms with E-state index in [1.54, 1.807) is 4.68 Å². The summed E-state index contributed by atoms with van der Waals surface area (Å²) in [4.78, 5) is 8.01. The Morgan fingerprint density at radius 3 is 2.68 bits per heavy atom. The number of hydrogen-bond donors (Lipinski definition) is 1. The molecule has 0 saturated heterocycles. The Balaban J connectivity index is 1.60. The maximum Gasteiger partial charge on any atom is 0.272 e. The first kappa shape index (κ1) is 17.1. The third-order valence-electron chi connectivity index (χ3n) is 5.02. The highest BCUT2D eigenvalue weighted by Crippen LogP contribution is 2.26. The van der Waals surface area contributed by atoms with Gasteiger partial charge in [-0.25, -0.2) is 4.68 Å². The fourth-order valence-corrected chi connectivity index (χ4v) is 3.91. The molecule has 0 spiro atoms. The van der Waals surface area contributed by atoms with E-state index in [9.17, 15) is 0 Å². The highest BCUT2D eigenvalue weighted by atomic mass is 79.9. The van der Waals surface area contributed by atoms with Crippen molar-refractivity contribution >= 4 is 38.0 Å². The monoisotopic (exact) mass is 432 g/mol. The maximum absolute atomic E-state index is 4.69. The van der Waals surface area contributed by atoms with Crippen molar-refractivity contribution in [2.75, 3.05) is 0 Å². The van der Waals surface area contributed by atoms with Gasteiger partial charge in [-0.2, -0.15) is 10.1 Å². The minimum Gasteiger partial charge on any atom is -0.338 e. The average molecular weight is 433 g/mol. The molecule has 0 radical (unpaired) electrons. The number of nitrogens with one attached hydrogen (secondary N) is 1. The lowest BCUT2D eigenvalue weighted by Gasteiger charge is -2.04. The Bertz CT molecular complexity index is 1320. The lowest BCUT2D eigenvalue weighted by Crippen LogP contribution is -2.06. The molecule has 5 rings (SSSR count). The van der Waals surface area contributed by atoms with E-state index >= 15 is 0 Å². The Labute approximate surface area is 169 Å². The summed E-state index contributed by atoms with van der Waals surface area (Å²) in [7, 11) is 0. The van der Waals surface area contributed by atoms with Crippen LogP contribution in [-0.2, 0) is 6.42 Å². The molecule has 7 heteroatoms. The summed E-state index contributed by atoms with van der Waals surface area (Å²) in [6, 6.07) is 16.4. The number of nitrogens with zero attached hydrogens (tertiary/aromatic N) is 5. The molecule has 0 fully saturated rings. The zero-order chi connectivity index (χ0) is 19.3. The Hall–Kier alpha value is -3.06. The quantitative estimate of drug-likeness (QED) is 0.449. The number of fused-ring (bicyclic) bond motifs is 3. The van der Waals surface area contributed by atoms with Crippen molar-refractivity contribution in [2.45, 2.75) is 20.3 Å². The second-order valence-corrected chi connectivity index (χ2v) is 7.76. The van der Waals surface area contributed by atoms with E-state index in [-0.39, 0.29) is 0 Å². The molecule has 5 aromatic rings. The lowest BCUT2D eigenvalue weighted by molar-refractivity contribution is 0.756. The first-order valence-electron chi connectivity index (χ1n) is 9.01. The number of halogens is 1. The summed E-state index contributed by atoms with van der Waals surface area (Å²) in [6.07, 6.45) is 0.828. The van der Waals surface area contributed by atoms with Crippen LogP contribution >= 0.6 is 15.9 Å². The van der Waals surface area contributed by atoms with Gasteiger partial charge in [0, 0.05) is 33.1 Å². The van der Waals surface area contributed by atoms with E-state index in [1.165, 1.54) is 11.1 Å². The van der Waals surface area contributed by atoms with Crippen LogP contribution < -0.4 is 0 Å². The molecule has 0 saturated carbocycles. The van der Waals surface area contributed by atoms with Crippen LogP contribution in [-0.4, -0.2) is 29.9 Å². The molecule has 2 aromatic carbocycles. The molecule has 1 N–H and O–H groups in total. The van der Waals surface area contributed by atoms with Gasteiger partial charge in [-0.1, -0.05) is 46.3 Å². The molecule has 3 heterocycles. The molecule has 0 aliphatic carbocycles. The van der Waals surface area contributed by atoms with Gasteiger partial charge in [-0.05, 0) is 37.6 Å². The van der Waals surface area contributed by atoms with Gasteiger partial charge >= 0.3 is 0 Å². The van der Waals surface area contributed by atoms with Gasteiger partial charge < -0.3 is 4.98 Å². The first-order chi connectivity index (χ1) is 13.6. The summed E-state index contributed by atoms with van der Waals surface area (Å²) in [5.74, 6) is 0.470. The van der Waals surface area contributed by atoms with Gasteiger partial charge in [0.05, 0.1) is 5.69 Å². The van der Waals surface area contributed by atoms with Gasteiger partial charge in [0.15, 0.2) is 5.65 Å². The van der Waals surface area contributed by atoms with Crippen LogP contribution in [0.3, 0.4) is 0 Å². The highest BCUT2D eigenvalue weighted by Gasteiger charge is 2.17. The first-order valence-corrected chi connectivity index (χ1v) is 9.80. The molecule has 0 atom stereocenters. The minimum absolute atomic E-state index is 0.470. The summed E-state index contributed by atoms with van der Waals surface area (Å²) in [5.41, 5.74) is 6.89.